The van der Waals surface area contributed by atoms with E-state index in [0.29, 0.717) is 17.5 Å². The van der Waals surface area contributed by atoms with Gasteiger partial charge in [0.15, 0.2) is 34.9 Å². The van der Waals surface area contributed by atoms with E-state index < -0.39 is 11.6 Å². The summed E-state index contributed by atoms with van der Waals surface area (Å²) in [5.41, 5.74) is 4.28. The number of nitrogens with zero attached hydrogens (tertiary/aromatic N) is 4. The number of halogens is 2. The Balaban J connectivity index is 1.36. The maximum atomic E-state index is 13.5. The number of Topliss-reactive ketones (excluding diaryl/α,β-unsaturated/α-hetero) is 1. The Morgan fingerprint density at radius 3 is 2.49 bits per heavy atom. The summed E-state index contributed by atoms with van der Waals surface area (Å²) in [5.74, 6) is -0.305. The molecule has 0 spiro atoms. The maximum Gasteiger partial charge on any atom is 0.171 e. The van der Waals surface area contributed by atoms with Crippen molar-refractivity contribution in [3.63, 3.8) is 0 Å². The number of carbonyl (C=O) groups excluding carboxylic acids is 1. The second kappa shape index (κ2) is 8.25. The van der Waals surface area contributed by atoms with Gasteiger partial charge in [-0.3, -0.25) is 9.36 Å². The van der Waals surface area contributed by atoms with Gasteiger partial charge in [-0.1, -0.05) is 36.4 Å². The van der Waals surface area contributed by atoms with Crippen LogP contribution in [0.15, 0.2) is 85.1 Å². The number of hydrogen-bond donors (Lipinski definition) is 1. The van der Waals surface area contributed by atoms with Crippen molar-refractivity contribution in [1.29, 1.82) is 0 Å². The number of aromatic nitrogens is 4. The molecule has 3 aromatic carbocycles. The van der Waals surface area contributed by atoms with Gasteiger partial charge in [-0.05, 0) is 48.0 Å². The summed E-state index contributed by atoms with van der Waals surface area (Å²) in [5, 5.41) is 12.3. The summed E-state index contributed by atoms with van der Waals surface area (Å²) >= 11 is 0. The smallest absolute Gasteiger partial charge is 0.171 e. The molecule has 0 fully saturated rings. The lowest BCUT2D eigenvalue weighted by atomic mass is 10.0. The number of rotatable bonds is 4. The molecule has 5 aromatic rings. The minimum absolute atomic E-state index is 0.0628. The van der Waals surface area contributed by atoms with Gasteiger partial charge >= 0.3 is 0 Å². The van der Waals surface area contributed by atoms with E-state index in [1.165, 1.54) is 6.07 Å². The predicted molar refractivity (Wildman–Crippen MR) is 128 cm³/mol. The molecule has 1 aliphatic rings. The SMILES string of the molecule is O=C(Cc1ccc(-c2nnc3n2-c2cccnc2Nc2ccccc2-3)cc1)c1ccc(F)c(F)c1. The number of hydrogen-bond acceptors (Lipinski definition) is 5. The molecule has 0 atom stereocenters. The van der Waals surface area contributed by atoms with E-state index in [2.05, 4.69) is 20.5 Å². The van der Waals surface area contributed by atoms with E-state index in [1.807, 2.05) is 65.2 Å². The maximum absolute atomic E-state index is 13.5. The van der Waals surface area contributed by atoms with Crippen molar-refractivity contribution in [1.82, 2.24) is 19.7 Å². The van der Waals surface area contributed by atoms with Crippen molar-refractivity contribution in [3.05, 3.63) is 108 Å². The first-order chi connectivity index (χ1) is 17.1. The van der Waals surface area contributed by atoms with E-state index in [4.69, 9.17) is 0 Å². The average molecular weight is 465 g/mol. The fourth-order valence-corrected chi connectivity index (χ4v) is 4.19. The summed E-state index contributed by atoms with van der Waals surface area (Å²) in [4.78, 5) is 17.0. The molecule has 8 heteroatoms. The Kier molecular flexibility index (Phi) is 4.92. The topological polar surface area (TPSA) is 72.7 Å². The Morgan fingerprint density at radius 2 is 1.66 bits per heavy atom. The lowest BCUT2D eigenvalue weighted by molar-refractivity contribution is 0.0992. The van der Waals surface area contributed by atoms with Crippen LogP contribution in [0.1, 0.15) is 15.9 Å². The normalized spacial score (nSPS) is 11.6. The number of nitrogens with one attached hydrogen (secondary N) is 1. The molecule has 0 radical (unpaired) electrons. The van der Waals surface area contributed by atoms with Crippen LogP contribution >= 0.6 is 0 Å². The monoisotopic (exact) mass is 465 g/mol. The van der Waals surface area contributed by atoms with Gasteiger partial charge in [-0.2, -0.15) is 0 Å². The zero-order chi connectivity index (χ0) is 23.9. The Labute approximate surface area is 198 Å². The summed E-state index contributed by atoms with van der Waals surface area (Å²) < 4.78 is 28.6. The molecule has 1 aliphatic heterocycles. The lowest BCUT2D eigenvalue weighted by Crippen LogP contribution is -2.05. The van der Waals surface area contributed by atoms with Crippen molar-refractivity contribution in [3.8, 4) is 28.5 Å². The molecule has 3 heterocycles. The fraction of sp³-hybridized carbons (Fsp3) is 0.0370. The lowest BCUT2D eigenvalue weighted by Gasteiger charge is -2.11. The van der Waals surface area contributed by atoms with E-state index in [-0.39, 0.29) is 17.8 Å². The highest BCUT2D eigenvalue weighted by atomic mass is 19.2. The van der Waals surface area contributed by atoms with Crippen LogP contribution in [-0.4, -0.2) is 25.5 Å². The number of carbonyl (C=O) groups is 1. The minimum Gasteiger partial charge on any atom is -0.338 e. The summed E-state index contributed by atoms with van der Waals surface area (Å²) in [6.07, 6.45) is 1.79. The Hall–Kier alpha value is -4.72. The first-order valence-corrected chi connectivity index (χ1v) is 10.9. The number of benzene rings is 3. The molecule has 170 valence electrons. The minimum atomic E-state index is -1.04. The summed E-state index contributed by atoms with van der Waals surface area (Å²) in [6.45, 7) is 0. The number of para-hydroxylation sites is 1. The van der Waals surface area contributed by atoms with Crippen LogP contribution in [0.5, 0.6) is 0 Å². The van der Waals surface area contributed by atoms with Crippen molar-refractivity contribution in [2.75, 3.05) is 5.32 Å². The van der Waals surface area contributed by atoms with Crippen LogP contribution in [0, 0.1) is 11.6 Å². The molecule has 35 heavy (non-hydrogen) atoms. The molecular weight excluding hydrogens is 448 g/mol. The van der Waals surface area contributed by atoms with Crippen LogP contribution in [0.3, 0.4) is 0 Å². The van der Waals surface area contributed by atoms with Crippen molar-refractivity contribution >= 4 is 17.3 Å². The van der Waals surface area contributed by atoms with E-state index in [9.17, 15) is 13.6 Å². The summed E-state index contributed by atoms with van der Waals surface area (Å²) in [7, 11) is 0. The molecule has 2 aromatic heterocycles. The van der Waals surface area contributed by atoms with Gasteiger partial charge in [0, 0.05) is 29.3 Å². The van der Waals surface area contributed by atoms with Gasteiger partial charge in [0.2, 0.25) is 0 Å². The molecule has 6 rings (SSSR count). The second-order valence-corrected chi connectivity index (χ2v) is 8.15. The number of ketones is 1. The van der Waals surface area contributed by atoms with Crippen molar-refractivity contribution in [2.24, 2.45) is 0 Å². The molecule has 0 aliphatic carbocycles. The third kappa shape index (κ3) is 3.65. The standard InChI is InChI=1S/C27H17F2N5O/c28-20-12-11-18(15-21(20)29)24(35)14-16-7-9-17(10-8-16)26-32-33-27-19-4-1-2-5-22(19)31-25-23(34(26)27)6-3-13-30-25/h1-13,15H,14H2,(H,30,31). The molecule has 0 saturated carbocycles. The van der Waals surface area contributed by atoms with Gasteiger partial charge in [0.05, 0.1) is 11.4 Å². The first kappa shape index (κ1) is 20.9. The van der Waals surface area contributed by atoms with E-state index >= 15 is 0 Å². The molecule has 0 amide bonds. The molecule has 0 saturated heterocycles. The summed E-state index contributed by atoms with van der Waals surface area (Å²) in [6, 6.07) is 22.2. The molecular formula is C27H17F2N5O. The van der Waals surface area contributed by atoms with Crippen molar-refractivity contribution in [2.45, 2.75) is 6.42 Å². The predicted octanol–water partition coefficient (Wildman–Crippen LogP) is 5.76. The van der Waals surface area contributed by atoms with Gasteiger partial charge in [-0.15, -0.1) is 10.2 Å². The second-order valence-electron chi connectivity index (χ2n) is 8.15. The van der Waals surface area contributed by atoms with Gasteiger partial charge in [-0.25, -0.2) is 13.8 Å². The van der Waals surface area contributed by atoms with Gasteiger partial charge in [0.25, 0.3) is 0 Å². The van der Waals surface area contributed by atoms with Gasteiger partial charge in [0.1, 0.15) is 0 Å². The Morgan fingerprint density at radius 1 is 0.857 bits per heavy atom. The third-order valence-electron chi connectivity index (χ3n) is 5.93. The van der Waals surface area contributed by atoms with Crippen molar-refractivity contribution < 1.29 is 13.6 Å². The molecule has 0 bridgehead atoms. The molecule has 1 N–H and O–H groups in total. The van der Waals surface area contributed by atoms with Crippen LogP contribution in [0.4, 0.5) is 20.3 Å². The van der Waals surface area contributed by atoms with E-state index in [1.54, 1.807) is 6.20 Å². The van der Waals surface area contributed by atoms with Gasteiger partial charge < -0.3 is 5.32 Å². The molecule has 0 unspecified atom stereocenters. The zero-order valence-electron chi connectivity index (χ0n) is 18.2. The first-order valence-electron chi connectivity index (χ1n) is 10.9. The Bertz CT molecular complexity index is 1590. The quantitative estimate of drug-likeness (QED) is 0.335. The number of fused-ring (bicyclic) bond motifs is 5. The van der Waals surface area contributed by atoms with Crippen LogP contribution in [0.2, 0.25) is 0 Å². The average Bonchev–Trinajstić information content (AvgIpc) is 3.26. The molecule has 6 nitrogen and oxygen atoms in total. The largest absolute Gasteiger partial charge is 0.338 e. The van der Waals surface area contributed by atoms with Crippen LogP contribution in [0.25, 0.3) is 28.5 Å². The highest BCUT2D eigenvalue weighted by molar-refractivity contribution is 5.97. The third-order valence-corrected chi connectivity index (χ3v) is 5.93. The number of anilines is 2. The fourth-order valence-electron chi connectivity index (χ4n) is 4.19. The van der Waals surface area contributed by atoms with Crippen LogP contribution in [-0.2, 0) is 6.42 Å². The highest BCUT2D eigenvalue weighted by Gasteiger charge is 2.24. The zero-order valence-corrected chi connectivity index (χ0v) is 18.2. The number of pyridine rings is 1. The van der Waals surface area contributed by atoms with E-state index in [0.717, 1.165) is 40.2 Å². The van der Waals surface area contributed by atoms with Crippen LogP contribution < -0.4 is 5.32 Å². The highest BCUT2D eigenvalue weighted by Crippen LogP contribution is 2.38.